The van der Waals surface area contributed by atoms with Gasteiger partial charge >= 0.3 is 0 Å². The maximum atomic E-state index is 13.6. The molecular weight excluding hydrogens is 996 g/mol. The number of piperazine rings is 1. The van der Waals surface area contributed by atoms with Crippen LogP contribution in [0, 0.1) is 0 Å². The first-order valence-electron chi connectivity index (χ1n) is 27.6. The van der Waals surface area contributed by atoms with Gasteiger partial charge in [0.2, 0.25) is 5.91 Å². The van der Waals surface area contributed by atoms with Crippen molar-refractivity contribution in [3.63, 3.8) is 0 Å². The quantitative estimate of drug-likeness (QED) is 0.0306. The van der Waals surface area contributed by atoms with Gasteiger partial charge in [-0.2, -0.15) is 5.10 Å². The molecule has 3 aliphatic heterocycles. The number of carbonyl (C=O) groups excluding carboxylic acids is 4. The minimum atomic E-state index is -0.549. The number of allylic oxidation sites excluding steroid dienone is 6. The monoisotopic (exact) mass is 1090 g/mol. The van der Waals surface area contributed by atoms with E-state index in [0.29, 0.717) is 62.4 Å². The Kier molecular flexibility index (Phi) is 35.3. The van der Waals surface area contributed by atoms with Crippen LogP contribution in [-0.4, -0.2) is 178 Å². The van der Waals surface area contributed by atoms with Crippen molar-refractivity contribution in [2.24, 2.45) is 5.10 Å². The second-order valence-corrected chi connectivity index (χ2v) is 18.9. The van der Waals surface area contributed by atoms with Gasteiger partial charge in [-0.3, -0.25) is 24.3 Å². The van der Waals surface area contributed by atoms with E-state index in [1.807, 2.05) is 80.4 Å². The number of para-hydroxylation sites is 1. The van der Waals surface area contributed by atoms with E-state index < -0.39 is 6.04 Å². The molecule has 3 aliphatic rings. The summed E-state index contributed by atoms with van der Waals surface area (Å²) in [6.45, 7) is 32.7. The zero-order valence-corrected chi connectivity index (χ0v) is 50.1. The predicted octanol–water partition coefficient (Wildman–Crippen LogP) is 9.54. The van der Waals surface area contributed by atoms with Crippen molar-refractivity contribution >= 4 is 58.8 Å². The lowest BCUT2D eigenvalue weighted by Crippen LogP contribution is -2.51. The van der Waals surface area contributed by atoms with Crippen LogP contribution in [0.3, 0.4) is 0 Å². The summed E-state index contributed by atoms with van der Waals surface area (Å²) >= 11 is 6.55. The second-order valence-electron chi connectivity index (χ2n) is 18.5. The third-order valence-corrected chi connectivity index (χ3v) is 14.4. The number of fused-ring (bicyclic) bond motifs is 1. The average molecular weight is 1090 g/mol. The van der Waals surface area contributed by atoms with Crippen LogP contribution in [0.4, 0.5) is 5.69 Å². The Labute approximate surface area is 467 Å². The Morgan fingerprint density at radius 2 is 1.57 bits per heavy atom. The highest BCUT2D eigenvalue weighted by Gasteiger charge is 2.34. The van der Waals surface area contributed by atoms with E-state index in [0.717, 1.165) is 114 Å². The molecule has 4 N–H and O–H groups in total. The Morgan fingerprint density at radius 3 is 2.18 bits per heavy atom. The number of rotatable bonds is 23. The van der Waals surface area contributed by atoms with Crippen molar-refractivity contribution in [1.29, 1.82) is 0 Å². The molecule has 2 amide bonds. The van der Waals surface area contributed by atoms with Crippen molar-refractivity contribution in [3.8, 4) is 0 Å². The van der Waals surface area contributed by atoms with Crippen molar-refractivity contribution in [3.05, 3.63) is 98.9 Å². The van der Waals surface area contributed by atoms with Gasteiger partial charge in [0.25, 0.3) is 5.91 Å². The number of ether oxygens (including phenoxy) is 2. The number of amides is 2. The molecule has 77 heavy (non-hydrogen) atoms. The molecule has 3 unspecified atom stereocenters. The minimum absolute atomic E-state index is 0.158. The van der Waals surface area contributed by atoms with E-state index in [9.17, 15) is 14.4 Å². The van der Waals surface area contributed by atoms with E-state index in [1.54, 1.807) is 19.2 Å². The van der Waals surface area contributed by atoms with Crippen molar-refractivity contribution in [2.75, 3.05) is 106 Å². The zero-order valence-electron chi connectivity index (χ0n) is 49.3. The number of benzene rings is 2. The minimum Gasteiger partial charge on any atom is -0.498 e. The van der Waals surface area contributed by atoms with Gasteiger partial charge in [0, 0.05) is 140 Å². The van der Waals surface area contributed by atoms with Crippen LogP contribution in [0.2, 0.25) is 0 Å². The maximum Gasteiger partial charge on any atom is 0.257 e. The third-order valence-electron chi connectivity index (χ3n) is 13.8. The SMILES string of the molecule is C=O.CC.CC.CO.CO.C\C=C(C)/C(Cl)=C(C)\C=C(/C)OCCCc1cn(CCN2CCN(CCCOCCCNc3cccc(C=O)c3C(=O)N(C)C3CCCNC3=O)CC2)c2c(C3C(C)=NN(C)C3C)cccc12. The lowest BCUT2D eigenvalue weighted by molar-refractivity contribution is -0.126. The van der Waals surface area contributed by atoms with E-state index in [1.165, 1.54) is 32.6 Å². The Balaban J connectivity index is 0.00000280. The molecule has 6 rings (SSSR count). The lowest BCUT2D eigenvalue weighted by Gasteiger charge is -2.34. The fourth-order valence-electron chi connectivity index (χ4n) is 9.76. The number of likely N-dealkylation sites (N-methyl/N-ethyl adjacent to an activating group) is 2. The van der Waals surface area contributed by atoms with Crippen molar-refractivity contribution in [1.82, 2.24) is 29.6 Å². The molecule has 17 heteroatoms. The number of carbonyl (C=O) groups is 4. The first-order valence-corrected chi connectivity index (χ1v) is 28.0. The van der Waals surface area contributed by atoms with Gasteiger partial charge in [0.1, 0.15) is 12.8 Å². The zero-order chi connectivity index (χ0) is 58.0. The molecule has 0 bridgehead atoms. The number of hydrogen-bond donors (Lipinski definition) is 4. The molecule has 16 nitrogen and oxygen atoms in total. The normalized spacial score (nSPS) is 17.9. The molecule has 1 aromatic heterocycles. The van der Waals surface area contributed by atoms with Crippen LogP contribution in [0.1, 0.15) is 139 Å². The Bertz CT molecular complexity index is 2340. The third kappa shape index (κ3) is 20.8. The maximum absolute atomic E-state index is 13.6. The van der Waals surface area contributed by atoms with Gasteiger partial charge < -0.3 is 49.5 Å². The van der Waals surface area contributed by atoms with Gasteiger partial charge in [-0.15, -0.1) is 0 Å². The molecule has 3 atom stereocenters. The summed E-state index contributed by atoms with van der Waals surface area (Å²) in [5.74, 6) is 0.617. The second kappa shape index (κ2) is 39.1. The van der Waals surface area contributed by atoms with E-state index in [2.05, 4.69) is 75.3 Å². The molecule has 2 saturated heterocycles. The molecule has 4 heterocycles. The summed E-state index contributed by atoms with van der Waals surface area (Å²) in [5, 5.41) is 29.2. The van der Waals surface area contributed by atoms with E-state index in [-0.39, 0.29) is 23.8 Å². The predicted molar refractivity (Wildman–Crippen MR) is 319 cm³/mol. The first-order chi connectivity index (χ1) is 37.3. The Hall–Kier alpha value is -5.36. The molecule has 432 valence electrons. The number of hydrazone groups is 1. The summed E-state index contributed by atoms with van der Waals surface area (Å²) in [7, 11) is 5.71. The lowest BCUT2D eigenvalue weighted by atomic mass is 9.88. The molecule has 0 spiro atoms. The summed E-state index contributed by atoms with van der Waals surface area (Å²) in [6.07, 6.45) is 12.1. The first kappa shape index (κ1) is 69.7. The number of anilines is 1. The standard InChI is InChI=1S/C53H75ClN8O5.2C2H6.2CH4O.CH2O/c1-9-37(2)50(54)38(3)34-39(4)67-33-13-17-42-35-62(51-44(42)18-11-19-45(51)48-40(5)57-59(8)41(48)6)30-29-61-27-25-60(26-28-61)24-15-32-66-31-14-23-55-46-20-10-16-43(36-63)49(46)53(65)58(7)47-21-12-22-56-52(47)64;5*1-2/h9-11,16,18-20,34-36,41,47-48,55H,12-15,17,21-33H2,1-8H3,(H,56,64);2*1-2H3;2*2H,1H3;1H2/b37-9-,39-34+,50-38+;;;;;. The van der Waals surface area contributed by atoms with Gasteiger partial charge in [-0.05, 0) is 114 Å². The number of aromatic nitrogens is 1. The summed E-state index contributed by atoms with van der Waals surface area (Å²) in [5.41, 5.74) is 8.48. The van der Waals surface area contributed by atoms with Gasteiger partial charge in [0.05, 0.1) is 29.5 Å². The molecule has 2 fully saturated rings. The molecule has 0 radical (unpaired) electrons. The molecule has 0 aliphatic carbocycles. The highest BCUT2D eigenvalue weighted by Crippen LogP contribution is 2.37. The van der Waals surface area contributed by atoms with Crippen LogP contribution in [0.25, 0.3) is 10.9 Å². The van der Waals surface area contributed by atoms with Crippen LogP contribution in [0.5, 0.6) is 0 Å². The number of nitrogens with one attached hydrogen (secondary N) is 2. The molecular formula is C60H97ClN8O8. The smallest absolute Gasteiger partial charge is 0.257 e. The fraction of sp³-hybridized carbons (Fsp3) is 0.583. The fourth-order valence-corrected chi connectivity index (χ4v) is 9.92. The topological polar surface area (TPSA) is 182 Å². The number of halogens is 1. The molecule has 3 aromatic rings. The van der Waals surface area contributed by atoms with Crippen LogP contribution < -0.4 is 10.6 Å². The Morgan fingerprint density at radius 1 is 0.935 bits per heavy atom. The average Bonchev–Trinajstić information content (AvgIpc) is 3.97. The van der Waals surface area contributed by atoms with Gasteiger partial charge in [-0.25, -0.2) is 0 Å². The largest absolute Gasteiger partial charge is 0.498 e. The highest BCUT2D eigenvalue weighted by molar-refractivity contribution is 6.32. The summed E-state index contributed by atoms with van der Waals surface area (Å²) in [4.78, 5) is 52.6. The number of aldehydes is 1. The van der Waals surface area contributed by atoms with E-state index in [4.69, 9.17) is 41.2 Å². The van der Waals surface area contributed by atoms with Gasteiger partial charge in [0.15, 0.2) is 6.29 Å². The number of aryl methyl sites for hydroxylation is 1. The number of nitrogens with zero attached hydrogens (tertiary/aromatic N) is 6. The van der Waals surface area contributed by atoms with Gasteiger partial charge in [-0.1, -0.05) is 75.7 Å². The number of hydrogen-bond acceptors (Lipinski definition) is 13. The van der Waals surface area contributed by atoms with E-state index >= 15 is 0 Å². The number of aliphatic hydroxyl groups is 2. The number of aliphatic hydroxyl groups excluding tert-OH is 2. The molecule has 0 saturated carbocycles. The molecule has 2 aromatic carbocycles. The van der Waals surface area contributed by atoms with Crippen LogP contribution >= 0.6 is 11.6 Å². The highest BCUT2D eigenvalue weighted by atomic mass is 35.5. The van der Waals surface area contributed by atoms with Crippen molar-refractivity contribution in [2.45, 2.75) is 132 Å². The summed E-state index contributed by atoms with van der Waals surface area (Å²) < 4.78 is 14.7. The summed E-state index contributed by atoms with van der Waals surface area (Å²) in [6, 6.07) is 11.8. The van der Waals surface area contributed by atoms with Crippen LogP contribution in [0.15, 0.2) is 81.8 Å². The number of piperidine rings is 1. The van der Waals surface area contributed by atoms with Crippen LogP contribution in [-0.2, 0) is 32.0 Å². The van der Waals surface area contributed by atoms with Crippen molar-refractivity contribution < 1.29 is 38.9 Å².